The molecular formula is C20H17NO4S. The highest BCUT2D eigenvalue weighted by Gasteiger charge is 2.10. The molecule has 0 atom stereocenters. The number of esters is 1. The van der Waals surface area contributed by atoms with Gasteiger partial charge in [0.25, 0.3) is 5.91 Å². The van der Waals surface area contributed by atoms with Crippen molar-refractivity contribution in [3.63, 3.8) is 0 Å². The molecule has 0 aliphatic carbocycles. The van der Waals surface area contributed by atoms with Crippen LogP contribution in [0.25, 0.3) is 0 Å². The Kier molecular flexibility index (Phi) is 6.01. The number of para-hydroxylation sites is 1. The maximum atomic E-state index is 12.0. The van der Waals surface area contributed by atoms with Gasteiger partial charge >= 0.3 is 5.97 Å². The number of rotatable bonds is 7. The normalized spacial score (nSPS) is 10.2. The molecule has 3 aromatic rings. The molecule has 0 saturated heterocycles. The van der Waals surface area contributed by atoms with Crippen LogP contribution in [0.2, 0.25) is 0 Å². The molecule has 1 heterocycles. The maximum Gasteiger partial charge on any atom is 0.311 e. The Balaban J connectivity index is 1.49. The van der Waals surface area contributed by atoms with Gasteiger partial charge in [0.2, 0.25) is 0 Å². The van der Waals surface area contributed by atoms with Crippen molar-refractivity contribution in [3.05, 3.63) is 77.0 Å². The van der Waals surface area contributed by atoms with Gasteiger partial charge in [0.1, 0.15) is 11.5 Å². The number of amides is 1. The number of hydrogen-bond acceptors (Lipinski definition) is 5. The van der Waals surface area contributed by atoms with E-state index in [1.165, 1.54) is 11.3 Å². The van der Waals surface area contributed by atoms with Crippen molar-refractivity contribution in [2.45, 2.75) is 6.42 Å². The maximum absolute atomic E-state index is 12.0. The van der Waals surface area contributed by atoms with E-state index < -0.39 is 11.9 Å². The monoisotopic (exact) mass is 367 g/mol. The Labute approximate surface area is 155 Å². The van der Waals surface area contributed by atoms with Crippen LogP contribution in [0.3, 0.4) is 0 Å². The summed E-state index contributed by atoms with van der Waals surface area (Å²) in [5, 5.41) is 4.58. The Bertz CT molecular complexity index is 863. The highest BCUT2D eigenvalue weighted by Crippen LogP contribution is 2.23. The minimum atomic E-state index is -0.427. The minimum absolute atomic E-state index is 0.172. The van der Waals surface area contributed by atoms with Crippen LogP contribution in [0.15, 0.2) is 72.1 Å². The molecule has 1 N–H and O–H groups in total. The van der Waals surface area contributed by atoms with E-state index in [4.69, 9.17) is 9.47 Å². The standard InChI is InChI=1S/C20H17NO4S/c22-19(14-24-20(23)13-18-10-5-11-26-18)21-15-6-4-9-17(12-15)25-16-7-2-1-3-8-16/h1-12H,13-14H2,(H,21,22). The first kappa shape index (κ1) is 17.7. The molecule has 132 valence electrons. The van der Waals surface area contributed by atoms with Crippen molar-refractivity contribution in [2.24, 2.45) is 0 Å². The van der Waals surface area contributed by atoms with Crippen LogP contribution in [0, 0.1) is 0 Å². The molecule has 0 saturated carbocycles. The summed E-state index contributed by atoms with van der Waals surface area (Å²) >= 11 is 1.48. The molecule has 6 heteroatoms. The van der Waals surface area contributed by atoms with Crippen LogP contribution in [0.5, 0.6) is 11.5 Å². The second kappa shape index (κ2) is 8.82. The number of benzene rings is 2. The van der Waals surface area contributed by atoms with E-state index in [2.05, 4.69) is 5.32 Å². The Morgan fingerprint density at radius 1 is 0.923 bits per heavy atom. The van der Waals surface area contributed by atoms with Gasteiger partial charge in [-0.15, -0.1) is 11.3 Å². The van der Waals surface area contributed by atoms with E-state index in [0.717, 1.165) is 4.88 Å². The SMILES string of the molecule is O=C(COC(=O)Cc1cccs1)Nc1cccc(Oc2ccccc2)c1. The van der Waals surface area contributed by atoms with Crippen LogP contribution < -0.4 is 10.1 Å². The molecule has 0 radical (unpaired) electrons. The summed E-state index contributed by atoms with van der Waals surface area (Å²) in [6.07, 6.45) is 0.172. The van der Waals surface area contributed by atoms with Crippen molar-refractivity contribution in [1.29, 1.82) is 0 Å². The van der Waals surface area contributed by atoms with E-state index in [1.807, 2.05) is 47.8 Å². The lowest BCUT2D eigenvalue weighted by molar-refractivity contribution is -0.146. The molecule has 26 heavy (non-hydrogen) atoms. The summed E-state index contributed by atoms with van der Waals surface area (Å²) in [7, 11) is 0. The molecule has 0 fully saturated rings. The Morgan fingerprint density at radius 3 is 2.50 bits per heavy atom. The second-order valence-electron chi connectivity index (χ2n) is 5.41. The molecule has 0 bridgehead atoms. The molecular weight excluding hydrogens is 350 g/mol. The topological polar surface area (TPSA) is 64.6 Å². The van der Waals surface area contributed by atoms with Gasteiger partial charge in [-0.2, -0.15) is 0 Å². The first-order valence-electron chi connectivity index (χ1n) is 8.00. The minimum Gasteiger partial charge on any atom is -0.457 e. The van der Waals surface area contributed by atoms with E-state index >= 15 is 0 Å². The lowest BCUT2D eigenvalue weighted by atomic mass is 10.3. The predicted molar refractivity (Wildman–Crippen MR) is 101 cm³/mol. The third-order valence-electron chi connectivity index (χ3n) is 3.36. The van der Waals surface area contributed by atoms with E-state index in [9.17, 15) is 9.59 Å². The fourth-order valence-corrected chi connectivity index (χ4v) is 2.90. The molecule has 1 amide bonds. The summed E-state index contributed by atoms with van der Waals surface area (Å²) in [5.41, 5.74) is 0.567. The molecule has 0 spiro atoms. The smallest absolute Gasteiger partial charge is 0.311 e. The predicted octanol–water partition coefficient (Wildman–Crippen LogP) is 4.26. The Morgan fingerprint density at radius 2 is 1.73 bits per heavy atom. The molecule has 0 aliphatic rings. The third kappa shape index (κ3) is 5.46. The van der Waals surface area contributed by atoms with Crippen molar-refractivity contribution in [3.8, 4) is 11.5 Å². The number of carbonyl (C=O) groups is 2. The average molecular weight is 367 g/mol. The largest absolute Gasteiger partial charge is 0.457 e. The van der Waals surface area contributed by atoms with E-state index in [1.54, 1.807) is 24.3 Å². The van der Waals surface area contributed by atoms with Crippen LogP contribution in [0.1, 0.15) is 4.88 Å². The summed E-state index contributed by atoms with van der Waals surface area (Å²) in [4.78, 5) is 24.6. The fraction of sp³-hybridized carbons (Fsp3) is 0.100. The number of anilines is 1. The highest BCUT2D eigenvalue weighted by molar-refractivity contribution is 7.10. The van der Waals surface area contributed by atoms with Crippen LogP contribution >= 0.6 is 11.3 Å². The molecule has 5 nitrogen and oxygen atoms in total. The average Bonchev–Trinajstić information content (AvgIpc) is 3.14. The van der Waals surface area contributed by atoms with Crippen molar-refractivity contribution >= 4 is 28.9 Å². The van der Waals surface area contributed by atoms with Gasteiger partial charge in [-0.3, -0.25) is 9.59 Å². The molecule has 3 rings (SSSR count). The van der Waals surface area contributed by atoms with E-state index in [-0.39, 0.29) is 13.0 Å². The number of thiophene rings is 1. The first-order valence-corrected chi connectivity index (χ1v) is 8.88. The number of ether oxygens (including phenoxy) is 2. The summed E-state index contributed by atoms with van der Waals surface area (Å²) in [5.74, 6) is 0.479. The second-order valence-corrected chi connectivity index (χ2v) is 6.44. The summed E-state index contributed by atoms with van der Waals surface area (Å²) in [6.45, 7) is -0.325. The van der Waals surface area contributed by atoms with Gasteiger partial charge in [-0.25, -0.2) is 0 Å². The number of carbonyl (C=O) groups excluding carboxylic acids is 2. The Hall–Kier alpha value is -3.12. The number of hydrogen-bond donors (Lipinski definition) is 1. The van der Waals surface area contributed by atoms with Crippen LogP contribution in [0.4, 0.5) is 5.69 Å². The lowest BCUT2D eigenvalue weighted by Gasteiger charge is -2.09. The zero-order chi connectivity index (χ0) is 18.2. The van der Waals surface area contributed by atoms with Gasteiger partial charge in [0.15, 0.2) is 6.61 Å². The van der Waals surface area contributed by atoms with Gasteiger partial charge < -0.3 is 14.8 Å². The summed E-state index contributed by atoms with van der Waals surface area (Å²) < 4.78 is 10.7. The molecule has 1 aromatic heterocycles. The fourth-order valence-electron chi connectivity index (χ4n) is 2.21. The molecule has 2 aromatic carbocycles. The quantitative estimate of drug-likeness (QED) is 0.634. The van der Waals surface area contributed by atoms with Crippen molar-refractivity contribution in [2.75, 3.05) is 11.9 Å². The van der Waals surface area contributed by atoms with E-state index in [0.29, 0.717) is 17.2 Å². The van der Waals surface area contributed by atoms with Gasteiger partial charge in [0.05, 0.1) is 6.42 Å². The van der Waals surface area contributed by atoms with Crippen LogP contribution in [-0.4, -0.2) is 18.5 Å². The van der Waals surface area contributed by atoms with Gasteiger partial charge in [0, 0.05) is 16.6 Å². The van der Waals surface area contributed by atoms with Crippen LogP contribution in [-0.2, 0) is 20.7 Å². The molecule has 0 unspecified atom stereocenters. The third-order valence-corrected chi connectivity index (χ3v) is 4.24. The first-order chi connectivity index (χ1) is 12.7. The summed E-state index contributed by atoms with van der Waals surface area (Å²) in [6, 6.07) is 20.1. The highest BCUT2D eigenvalue weighted by atomic mass is 32.1. The number of nitrogens with one attached hydrogen (secondary N) is 1. The van der Waals surface area contributed by atoms with Crippen molar-refractivity contribution in [1.82, 2.24) is 0 Å². The lowest BCUT2D eigenvalue weighted by Crippen LogP contribution is -2.21. The molecule has 0 aliphatic heterocycles. The van der Waals surface area contributed by atoms with Gasteiger partial charge in [-0.05, 0) is 35.7 Å². The zero-order valence-corrected chi connectivity index (χ0v) is 14.7. The zero-order valence-electron chi connectivity index (χ0n) is 13.9. The van der Waals surface area contributed by atoms with Gasteiger partial charge in [-0.1, -0.05) is 30.3 Å². The van der Waals surface area contributed by atoms with Crippen molar-refractivity contribution < 1.29 is 19.1 Å².